The van der Waals surface area contributed by atoms with Crippen molar-refractivity contribution in [3.63, 3.8) is 0 Å². The van der Waals surface area contributed by atoms with Crippen molar-refractivity contribution in [2.45, 2.75) is 13.5 Å². The van der Waals surface area contributed by atoms with Gasteiger partial charge in [0.05, 0.1) is 6.61 Å². The number of para-hydroxylation sites is 1. The summed E-state index contributed by atoms with van der Waals surface area (Å²) in [6, 6.07) is 9.93. The van der Waals surface area contributed by atoms with Crippen LogP contribution in [-0.4, -0.2) is 73.8 Å². The van der Waals surface area contributed by atoms with Crippen LogP contribution in [0.2, 0.25) is 0 Å². The van der Waals surface area contributed by atoms with Crippen molar-refractivity contribution in [2.75, 3.05) is 57.8 Å². The minimum atomic E-state index is 0.660. The van der Waals surface area contributed by atoms with Crippen molar-refractivity contribution < 1.29 is 4.74 Å². The molecule has 0 unspecified atom stereocenters. The summed E-state index contributed by atoms with van der Waals surface area (Å²) in [5.74, 6) is 2.54. The second-order valence-corrected chi connectivity index (χ2v) is 6.77. The second kappa shape index (κ2) is 11.2. The summed E-state index contributed by atoms with van der Waals surface area (Å²) in [4.78, 5) is 17.7. The molecule has 1 aromatic heterocycles. The Labute approximate surface area is 173 Å². The monoisotopic (exact) mass is 397 g/mol. The van der Waals surface area contributed by atoms with Gasteiger partial charge in [-0.1, -0.05) is 18.2 Å². The Morgan fingerprint density at radius 2 is 1.83 bits per heavy atom. The third kappa shape index (κ3) is 6.32. The number of aromatic nitrogens is 2. The number of guanidine groups is 1. The van der Waals surface area contributed by atoms with Crippen LogP contribution in [0.1, 0.15) is 12.5 Å². The van der Waals surface area contributed by atoms with E-state index >= 15 is 0 Å². The lowest BCUT2D eigenvalue weighted by Crippen LogP contribution is -2.49. The summed E-state index contributed by atoms with van der Waals surface area (Å²) < 4.78 is 5.68. The maximum absolute atomic E-state index is 5.68. The van der Waals surface area contributed by atoms with E-state index in [0.29, 0.717) is 13.2 Å². The molecule has 0 bridgehead atoms. The zero-order valence-electron chi connectivity index (χ0n) is 17.3. The Morgan fingerprint density at radius 1 is 1.07 bits per heavy atom. The van der Waals surface area contributed by atoms with Gasteiger partial charge in [0, 0.05) is 70.8 Å². The average molecular weight is 398 g/mol. The molecular formula is C21H31N7O. The minimum Gasteiger partial charge on any atom is -0.494 e. The Balaban J connectivity index is 1.37. The largest absolute Gasteiger partial charge is 0.494 e. The van der Waals surface area contributed by atoms with E-state index in [-0.39, 0.29) is 0 Å². The molecule has 3 rings (SSSR count). The highest BCUT2D eigenvalue weighted by Gasteiger charge is 2.18. The van der Waals surface area contributed by atoms with Crippen LogP contribution in [0, 0.1) is 0 Å². The Kier molecular flexibility index (Phi) is 8.06. The predicted octanol–water partition coefficient (Wildman–Crippen LogP) is 1.36. The number of hydrogen-bond acceptors (Lipinski definition) is 6. The molecule has 0 aliphatic carbocycles. The molecular weight excluding hydrogens is 366 g/mol. The summed E-state index contributed by atoms with van der Waals surface area (Å²) in [5, 5.41) is 6.77. The van der Waals surface area contributed by atoms with E-state index in [1.165, 1.54) is 0 Å². The summed E-state index contributed by atoms with van der Waals surface area (Å²) in [6.45, 7) is 9.06. The molecule has 156 valence electrons. The number of nitrogens with zero attached hydrogens (tertiary/aromatic N) is 5. The Bertz CT molecular complexity index is 761. The molecule has 2 aromatic rings. The molecule has 1 aliphatic rings. The predicted molar refractivity (Wildman–Crippen MR) is 116 cm³/mol. The van der Waals surface area contributed by atoms with Gasteiger partial charge in [0.15, 0.2) is 5.96 Å². The van der Waals surface area contributed by atoms with Gasteiger partial charge in [-0.05, 0) is 19.1 Å². The summed E-state index contributed by atoms with van der Waals surface area (Å²) in [5.41, 5.74) is 1.12. The number of nitrogens with one attached hydrogen (secondary N) is 2. The molecule has 1 fully saturated rings. The van der Waals surface area contributed by atoms with E-state index in [2.05, 4.69) is 41.5 Å². The van der Waals surface area contributed by atoms with Crippen molar-refractivity contribution >= 4 is 11.9 Å². The second-order valence-electron chi connectivity index (χ2n) is 6.77. The standard InChI is InChI=1S/C21H31N7O/c1-3-29-19-8-5-4-7-18(19)17-26-20(22-2)23-11-12-27-13-15-28(16-14-27)21-24-9-6-10-25-21/h4-10H,3,11-17H2,1-2H3,(H2,22,23,26). The maximum atomic E-state index is 5.68. The first-order chi connectivity index (χ1) is 14.3. The number of anilines is 1. The van der Waals surface area contributed by atoms with Crippen LogP contribution in [0.3, 0.4) is 0 Å². The minimum absolute atomic E-state index is 0.660. The molecule has 29 heavy (non-hydrogen) atoms. The van der Waals surface area contributed by atoms with Gasteiger partial charge in [-0.2, -0.15) is 0 Å². The molecule has 1 aliphatic heterocycles. The van der Waals surface area contributed by atoms with E-state index in [4.69, 9.17) is 4.74 Å². The van der Waals surface area contributed by atoms with E-state index in [1.54, 1.807) is 19.4 Å². The quantitative estimate of drug-likeness (QED) is 0.514. The lowest BCUT2D eigenvalue weighted by molar-refractivity contribution is 0.260. The average Bonchev–Trinajstić information content (AvgIpc) is 2.78. The Hall–Kier alpha value is -2.87. The smallest absolute Gasteiger partial charge is 0.225 e. The molecule has 0 spiro atoms. The van der Waals surface area contributed by atoms with Crippen molar-refractivity contribution in [3.8, 4) is 5.75 Å². The topological polar surface area (TPSA) is 77.9 Å². The van der Waals surface area contributed by atoms with Crippen LogP contribution in [0.25, 0.3) is 0 Å². The third-order valence-corrected chi connectivity index (χ3v) is 4.87. The van der Waals surface area contributed by atoms with Crippen LogP contribution in [0.5, 0.6) is 5.75 Å². The summed E-state index contributed by atoms with van der Waals surface area (Å²) in [6.07, 6.45) is 3.59. The fourth-order valence-electron chi connectivity index (χ4n) is 3.30. The number of piperazine rings is 1. The first kappa shape index (κ1) is 20.9. The molecule has 8 heteroatoms. The van der Waals surface area contributed by atoms with Crippen LogP contribution in [0.4, 0.5) is 5.95 Å². The maximum Gasteiger partial charge on any atom is 0.225 e. The van der Waals surface area contributed by atoms with E-state index < -0.39 is 0 Å². The fraction of sp³-hybridized carbons (Fsp3) is 0.476. The molecule has 2 heterocycles. The van der Waals surface area contributed by atoms with E-state index in [9.17, 15) is 0 Å². The third-order valence-electron chi connectivity index (χ3n) is 4.87. The molecule has 1 aromatic carbocycles. The number of aliphatic imine (C=N–C) groups is 1. The van der Waals surface area contributed by atoms with Gasteiger partial charge in [-0.3, -0.25) is 9.89 Å². The fourth-order valence-corrected chi connectivity index (χ4v) is 3.30. The van der Waals surface area contributed by atoms with Crippen LogP contribution in [0.15, 0.2) is 47.7 Å². The van der Waals surface area contributed by atoms with Gasteiger partial charge in [0.25, 0.3) is 0 Å². The van der Waals surface area contributed by atoms with Gasteiger partial charge in [-0.25, -0.2) is 9.97 Å². The molecule has 0 saturated carbocycles. The molecule has 1 saturated heterocycles. The van der Waals surface area contributed by atoms with Crippen LogP contribution >= 0.6 is 0 Å². The molecule has 0 atom stereocenters. The molecule has 2 N–H and O–H groups in total. The first-order valence-electron chi connectivity index (χ1n) is 10.2. The Morgan fingerprint density at radius 3 is 2.55 bits per heavy atom. The normalized spacial score (nSPS) is 15.2. The number of benzene rings is 1. The number of hydrogen-bond donors (Lipinski definition) is 2. The summed E-state index contributed by atoms with van der Waals surface area (Å²) >= 11 is 0. The molecule has 0 radical (unpaired) electrons. The molecule has 0 amide bonds. The van der Waals surface area contributed by atoms with Crippen molar-refractivity contribution in [1.29, 1.82) is 0 Å². The zero-order valence-corrected chi connectivity index (χ0v) is 17.3. The van der Waals surface area contributed by atoms with Crippen molar-refractivity contribution in [2.24, 2.45) is 4.99 Å². The zero-order chi connectivity index (χ0) is 20.3. The van der Waals surface area contributed by atoms with Crippen molar-refractivity contribution in [3.05, 3.63) is 48.3 Å². The lowest BCUT2D eigenvalue weighted by Gasteiger charge is -2.34. The van der Waals surface area contributed by atoms with Gasteiger partial charge in [0.2, 0.25) is 5.95 Å². The summed E-state index contributed by atoms with van der Waals surface area (Å²) in [7, 11) is 1.79. The molecule has 8 nitrogen and oxygen atoms in total. The highest BCUT2D eigenvalue weighted by Crippen LogP contribution is 2.17. The number of rotatable bonds is 8. The SMILES string of the molecule is CCOc1ccccc1CNC(=NC)NCCN1CCN(c2ncccn2)CC1. The van der Waals surface area contributed by atoms with Gasteiger partial charge in [-0.15, -0.1) is 0 Å². The highest BCUT2D eigenvalue weighted by molar-refractivity contribution is 5.79. The van der Waals surface area contributed by atoms with E-state index in [0.717, 1.165) is 62.5 Å². The van der Waals surface area contributed by atoms with Crippen molar-refractivity contribution in [1.82, 2.24) is 25.5 Å². The van der Waals surface area contributed by atoms with Gasteiger partial charge < -0.3 is 20.3 Å². The van der Waals surface area contributed by atoms with Crippen LogP contribution < -0.4 is 20.3 Å². The van der Waals surface area contributed by atoms with Gasteiger partial charge in [0.1, 0.15) is 5.75 Å². The highest BCUT2D eigenvalue weighted by atomic mass is 16.5. The lowest BCUT2D eigenvalue weighted by atomic mass is 10.2. The number of ether oxygens (including phenoxy) is 1. The van der Waals surface area contributed by atoms with Crippen LogP contribution in [-0.2, 0) is 6.54 Å². The van der Waals surface area contributed by atoms with Gasteiger partial charge >= 0.3 is 0 Å². The first-order valence-corrected chi connectivity index (χ1v) is 10.2. The van der Waals surface area contributed by atoms with E-state index in [1.807, 2.05) is 31.2 Å².